The van der Waals surface area contributed by atoms with Crippen molar-refractivity contribution in [2.75, 3.05) is 0 Å². The van der Waals surface area contributed by atoms with Crippen molar-refractivity contribution in [3.63, 3.8) is 0 Å². The van der Waals surface area contributed by atoms with Crippen molar-refractivity contribution in [2.24, 2.45) is 5.92 Å². The summed E-state index contributed by atoms with van der Waals surface area (Å²) in [5.74, 6) is -0.833. The minimum absolute atomic E-state index is 0.0582. The third kappa shape index (κ3) is 4.37. The molecule has 27 heavy (non-hydrogen) atoms. The normalized spacial score (nSPS) is 20.9. The Morgan fingerprint density at radius 3 is 2.22 bits per heavy atom. The van der Waals surface area contributed by atoms with Crippen LogP contribution in [0, 0.1) is 5.92 Å². The summed E-state index contributed by atoms with van der Waals surface area (Å²) >= 11 is 5.94. The molecule has 0 bridgehead atoms. The van der Waals surface area contributed by atoms with Gasteiger partial charge in [-0.3, -0.25) is 9.36 Å². The number of alkyl halides is 3. The molecule has 1 heterocycles. The third-order valence-electron chi connectivity index (χ3n) is 5.20. The lowest BCUT2D eigenvalue weighted by molar-refractivity contribution is -0.182. The highest BCUT2D eigenvalue weighted by Crippen LogP contribution is 2.42. The van der Waals surface area contributed by atoms with Gasteiger partial charge in [0, 0.05) is 17.0 Å². The highest BCUT2D eigenvalue weighted by molar-refractivity contribution is 6.30. The number of hydrogen-bond donors (Lipinski definition) is 0. The molecule has 0 aliphatic heterocycles. The van der Waals surface area contributed by atoms with E-state index in [9.17, 15) is 18.0 Å². The fourth-order valence-electron chi connectivity index (χ4n) is 3.62. The molecule has 1 aliphatic carbocycles. The molecule has 1 aliphatic rings. The second kappa shape index (κ2) is 7.66. The smallest absolute Gasteiger partial charge is 0.269 e. The van der Waals surface area contributed by atoms with Gasteiger partial charge in [0.25, 0.3) is 5.56 Å². The third-order valence-corrected chi connectivity index (χ3v) is 5.45. The van der Waals surface area contributed by atoms with E-state index in [-0.39, 0.29) is 30.2 Å². The minimum atomic E-state index is -4.16. The van der Waals surface area contributed by atoms with Crippen LogP contribution < -0.4 is 5.56 Å². The van der Waals surface area contributed by atoms with E-state index >= 15 is 0 Å². The lowest BCUT2D eigenvalue weighted by atomic mass is 9.81. The molecule has 0 amide bonds. The van der Waals surface area contributed by atoms with Crippen LogP contribution in [0.25, 0.3) is 5.69 Å². The van der Waals surface area contributed by atoms with Crippen LogP contribution in [0.2, 0.25) is 5.02 Å². The molecule has 3 nitrogen and oxygen atoms in total. The Morgan fingerprint density at radius 2 is 1.70 bits per heavy atom. The highest BCUT2D eigenvalue weighted by Gasteiger charge is 2.42. The van der Waals surface area contributed by atoms with Crippen molar-refractivity contribution in [1.29, 1.82) is 0 Å². The van der Waals surface area contributed by atoms with E-state index in [1.54, 1.807) is 24.3 Å². The molecule has 1 fully saturated rings. The minimum Gasteiger partial charge on any atom is -0.269 e. The second-order valence-electron chi connectivity index (χ2n) is 7.43. The van der Waals surface area contributed by atoms with Gasteiger partial charge in [0.2, 0.25) is 0 Å². The molecule has 0 spiro atoms. The standard InChI is InChI=1S/C20H22ClF3N2O/c1-12(2)17-11-18(27)26(16-9-7-15(21)8-10-16)19(25-17)13-3-5-14(6-4-13)20(22,23)24/h7-14H,3-6H2,1-2H3. The SMILES string of the molecule is CC(C)c1cc(=O)n(-c2ccc(Cl)cc2)c(C2CCC(C(F)(F)F)CC2)n1. The predicted molar refractivity (Wildman–Crippen MR) is 99.7 cm³/mol. The molecule has 0 N–H and O–H groups in total. The summed E-state index contributed by atoms with van der Waals surface area (Å²) in [6.07, 6.45) is -3.29. The summed E-state index contributed by atoms with van der Waals surface area (Å²) in [4.78, 5) is 17.5. The maximum Gasteiger partial charge on any atom is 0.391 e. The summed E-state index contributed by atoms with van der Waals surface area (Å²) in [6, 6.07) is 8.33. The van der Waals surface area contributed by atoms with Crippen molar-refractivity contribution >= 4 is 11.6 Å². The maximum atomic E-state index is 13.0. The molecule has 2 aromatic rings. The van der Waals surface area contributed by atoms with Gasteiger partial charge in [0.15, 0.2) is 0 Å². The Labute approximate surface area is 161 Å². The Morgan fingerprint density at radius 1 is 1.11 bits per heavy atom. The number of halogens is 4. The van der Waals surface area contributed by atoms with Crippen LogP contribution in [0.15, 0.2) is 35.1 Å². The first-order valence-corrected chi connectivity index (χ1v) is 9.51. The number of aromatic nitrogens is 2. The van der Waals surface area contributed by atoms with Gasteiger partial charge in [-0.2, -0.15) is 13.2 Å². The molecular formula is C20H22ClF3N2O. The lowest BCUT2D eigenvalue weighted by Gasteiger charge is -2.31. The molecule has 1 saturated carbocycles. The zero-order chi connectivity index (χ0) is 19.8. The predicted octanol–water partition coefficient (Wildman–Crippen LogP) is 5.85. The highest BCUT2D eigenvalue weighted by atomic mass is 35.5. The Kier molecular flexibility index (Phi) is 5.65. The Bertz CT molecular complexity index is 851. The fraction of sp³-hybridized carbons (Fsp3) is 0.500. The van der Waals surface area contributed by atoms with Crippen LogP contribution in [0.4, 0.5) is 13.2 Å². The fourth-order valence-corrected chi connectivity index (χ4v) is 3.74. The zero-order valence-corrected chi connectivity index (χ0v) is 16.0. The molecule has 0 atom stereocenters. The quantitative estimate of drug-likeness (QED) is 0.650. The molecule has 0 saturated heterocycles. The van der Waals surface area contributed by atoms with Gasteiger partial charge in [-0.15, -0.1) is 0 Å². The second-order valence-corrected chi connectivity index (χ2v) is 7.87. The van der Waals surface area contributed by atoms with Crippen molar-refractivity contribution in [1.82, 2.24) is 9.55 Å². The topological polar surface area (TPSA) is 34.9 Å². The van der Waals surface area contributed by atoms with Crippen molar-refractivity contribution < 1.29 is 13.2 Å². The average molecular weight is 399 g/mol. The average Bonchev–Trinajstić information content (AvgIpc) is 2.61. The lowest BCUT2D eigenvalue weighted by Crippen LogP contribution is -2.31. The molecule has 7 heteroatoms. The molecule has 0 radical (unpaired) electrons. The van der Waals surface area contributed by atoms with Gasteiger partial charge in [-0.05, 0) is 55.9 Å². The van der Waals surface area contributed by atoms with Gasteiger partial charge in [-0.1, -0.05) is 25.4 Å². The number of hydrogen-bond acceptors (Lipinski definition) is 2. The van der Waals surface area contributed by atoms with Crippen molar-refractivity contribution in [2.45, 2.75) is 57.5 Å². The molecule has 0 unspecified atom stereocenters. The van der Waals surface area contributed by atoms with E-state index in [2.05, 4.69) is 0 Å². The molecule has 1 aromatic carbocycles. The van der Waals surface area contributed by atoms with Crippen LogP contribution in [0.1, 0.15) is 62.9 Å². The Balaban J connectivity index is 2.02. The maximum absolute atomic E-state index is 13.0. The van der Waals surface area contributed by atoms with Crippen LogP contribution >= 0.6 is 11.6 Å². The Hall–Kier alpha value is -1.82. The van der Waals surface area contributed by atoms with E-state index in [1.165, 1.54) is 10.6 Å². The zero-order valence-electron chi connectivity index (χ0n) is 15.3. The summed E-state index contributed by atoms with van der Waals surface area (Å²) < 4.78 is 40.5. The van der Waals surface area contributed by atoms with Gasteiger partial charge in [0.1, 0.15) is 5.82 Å². The van der Waals surface area contributed by atoms with E-state index < -0.39 is 12.1 Å². The van der Waals surface area contributed by atoms with Crippen LogP contribution in [0.5, 0.6) is 0 Å². The number of benzene rings is 1. The van der Waals surface area contributed by atoms with Gasteiger partial charge in [0.05, 0.1) is 17.3 Å². The monoisotopic (exact) mass is 398 g/mol. The van der Waals surface area contributed by atoms with Crippen LogP contribution in [0.3, 0.4) is 0 Å². The molecular weight excluding hydrogens is 377 g/mol. The molecule has 3 rings (SSSR count). The number of rotatable bonds is 3. The molecule has 1 aromatic heterocycles. The van der Waals surface area contributed by atoms with Gasteiger partial charge in [-0.25, -0.2) is 4.98 Å². The largest absolute Gasteiger partial charge is 0.391 e. The molecule has 146 valence electrons. The van der Waals surface area contributed by atoms with Crippen molar-refractivity contribution in [3.05, 3.63) is 57.2 Å². The summed E-state index contributed by atoms with van der Waals surface area (Å²) in [7, 11) is 0. The van der Waals surface area contributed by atoms with Gasteiger partial charge >= 0.3 is 6.18 Å². The number of nitrogens with zero attached hydrogens (tertiary/aromatic N) is 2. The summed E-state index contributed by atoms with van der Waals surface area (Å²) in [6.45, 7) is 3.89. The van der Waals surface area contributed by atoms with Crippen LogP contribution in [-0.4, -0.2) is 15.7 Å². The van der Waals surface area contributed by atoms with Crippen molar-refractivity contribution in [3.8, 4) is 5.69 Å². The van der Waals surface area contributed by atoms with E-state index in [1.807, 2.05) is 13.8 Å². The van der Waals surface area contributed by atoms with Gasteiger partial charge < -0.3 is 0 Å². The first-order chi connectivity index (χ1) is 12.7. The first kappa shape index (κ1) is 19.9. The summed E-state index contributed by atoms with van der Waals surface area (Å²) in [5.41, 5.74) is 1.07. The van der Waals surface area contributed by atoms with Crippen LogP contribution in [-0.2, 0) is 0 Å². The van der Waals surface area contributed by atoms with E-state index in [0.717, 1.165) is 0 Å². The van der Waals surface area contributed by atoms with E-state index in [4.69, 9.17) is 16.6 Å². The van der Waals surface area contributed by atoms with E-state index in [0.29, 0.717) is 35.1 Å². The first-order valence-electron chi connectivity index (χ1n) is 9.13. The summed E-state index contributed by atoms with van der Waals surface area (Å²) in [5, 5.41) is 0.547.